The van der Waals surface area contributed by atoms with Gasteiger partial charge in [0.1, 0.15) is 22.8 Å². The van der Waals surface area contributed by atoms with Crippen LogP contribution in [0, 0.1) is 22.7 Å². The molecule has 1 aliphatic heterocycles. The Hall–Kier alpha value is -2.55. The van der Waals surface area contributed by atoms with Crippen molar-refractivity contribution < 1.29 is 9.47 Å². The molecule has 2 heterocycles. The van der Waals surface area contributed by atoms with E-state index in [1.54, 1.807) is 0 Å². The summed E-state index contributed by atoms with van der Waals surface area (Å²) in [7, 11) is 0. The van der Waals surface area contributed by atoms with Crippen LogP contribution in [0.4, 0.5) is 0 Å². The molecule has 0 spiro atoms. The summed E-state index contributed by atoms with van der Waals surface area (Å²) in [4.78, 5) is 4.55. The highest BCUT2D eigenvalue weighted by atomic mass is 16.5. The van der Waals surface area contributed by atoms with E-state index in [-0.39, 0.29) is 5.60 Å². The van der Waals surface area contributed by atoms with E-state index in [1.165, 1.54) is 31.2 Å². The third-order valence-corrected chi connectivity index (χ3v) is 9.34. The van der Waals surface area contributed by atoms with E-state index in [4.69, 9.17) is 9.47 Å². The molecule has 0 unspecified atom stereocenters. The van der Waals surface area contributed by atoms with E-state index < -0.39 is 0 Å². The molecule has 3 heteroatoms. The lowest BCUT2D eigenvalue weighted by Gasteiger charge is -2.63. The summed E-state index contributed by atoms with van der Waals surface area (Å²) >= 11 is 0. The second-order valence-corrected chi connectivity index (χ2v) is 11.8. The smallest absolute Gasteiger partial charge is 0.146 e. The Kier molecular flexibility index (Phi) is 4.60. The Bertz CT molecular complexity index is 1220. The SMILES string of the molecule is CC1(C)CCC[C@]2(C)[C@H]3Cc4cc(Oc5cnc6ccccc6c5)ccc4O[C@]3(C)CC[C@@H]12. The first kappa shape index (κ1) is 21.0. The predicted octanol–water partition coefficient (Wildman–Crippen LogP) is 7.96. The summed E-state index contributed by atoms with van der Waals surface area (Å²) in [5.74, 6) is 3.97. The Balaban J connectivity index is 1.31. The predicted molar refractivity (Wildman–Crippen MR) is 133 cm³/mol. The number of aromatic nitrogens is 1. The monoisotopic (exact) mass is 441 g/mol. The minimum atomic E-state index is -0.0731. The van der Waals surface area contributed by atoms with Gasteiger partial charge >= 0.3 is 0 Å². The van der Waals surface area contributed by atoms with Crippen molar-refractivity contribution in [2.24, 2.45) is 22.7 Å². The standard InChI is InChI=1S/C30H35NO2/c1-28(2)13-7-14-29(3)26(28)12-15-30(4)27(29)18-21-17-22(10-11-25(21)33-30)32-23-16-20-8-5-6-9-24(20)31-19-23/h5-6,8-11,16-17,19,26-27H,7,12-15,18H2,1-4H3/t26-,27+,29-,30+/m0/s1. The number of ether oxygens (including phenoxy) is 2. The molecule has 172 valence electrons. The minimum absolute atomic E-state index is 0.0731. The van der Waals surface area contributed by atoms with Crippen LogP contribution in [-0.2, 0) is 6.42 Å². The number of rotatable bonds is 2. The number of benzene rings is 2. The van der Waals surface area contributed by atoms with Crippen LogP contribution < -0.4 is 9.47 Å². The van der Waals surface area contributed by atoms with Crippen LogP contribution in [0.15, 0.2) is 54.7 Å². The van der Waals surface area contributed by atoms with Gasteiger partial charge in [0.15, 0.2) is 0 Å². The molecule has 2 aliphatic carbocycles. The summed E-state index contributed by atoms with van der Waals surface area (Å²) in [6, 6.07) is 16.5. The zero-order valence-corrected chi connectivity index (χ0v) is 20.4. The molecule has 3 nitrogen and oxygen atoms in total. The number of hydrogen-bond donors (Lipinski definition) is 0. The van der Waals surface area contributed by atoms with Crippen molar-refractivity contribution in [1.29, 1.82) is 0 Å². The summed E-state index contributed by atoms with van der Waals surface area (Å²) < 4.78 is 13.1. The lowest BCUT2D eigenvalue weighted by atomic mass is 9.44. The number of fused-ring (bicyclic) bond motifs is 5. The van der Waals surface area contributed by atoms with Gasteiger partial charge in [0.25, 0.3) is 0 Å². The van der Waals surface area contributed by atoms with Crippen LogP contribution in [0.1, 0.15) is 65.4 Å². The lowest BCUT2D eigenvalue weighted by Crippen LogP contribution is -2.61. The first-order chi connectivity index (χ1) is 15.8. The summed E-state index contributed by atoms with van der Waals surface area (Å²) in [6.45, 7) is 9.93. The molecular formula is C30H35NO2. The molecular weight excluding hydrogens is 406 g/mol. The zero-order valence-electron chi connectivity index (χ0n) is 20.4. The first-order valence-corrected chi connectivity index (χ1v) is 12.6. The lowest BCUT2D eigenvalue weighted by molar-refractivity contribution is -0.162. The van der Waals surface area contributed by atoms with Crippen molar-refractivity contribution >= 4 is 10.9 Å². The van der Waals surface area contributed by atoms with E-state index in [2.05, 4.69) is 56.9 Å². The largest absolute Gasteiger partial charge is 0.487 e. The van der Waals surface area contributed by atoms with Crippen LogP contribution in [0.3, 0.4) is 0 Å². The van der Waals surface area contributed by atoms with Gasteiger partial charge in [-0.25, -0.2) is 0 Å². The molecule has 0 N–H and O–H groups in total. The Morgan fingerprint density at radius 1 is 0.909 bits per heavy atom. The third-order valence-electron chi connectivity index (χ3n) is 9.34. The first-order valence-electron chi connectivity index (χ1n) is 12.6. The van der Waals surface area contributed by atoms with Gasteiger partial charge in [-0.15, -0.1) is 0 Å². The highest BCUT2D eigenvalue weighted by molar-refractivity contribution is 5.79. The van der Waals surface area contributed by atoms with Crippen molar-refractivity contribution in [2.75, 3.05) is 0 Å². The molecule has 0 bridgehead atoms. The van der Waals surface area contributed by atoms with Gasteiger partial charge in [-0.3, -0.25) is 4.98 Å². The van der Waals surface area contributed by atoms with E-state index in [9.17, 15) is 0 Å². The molecule has 0 amide bonds. The molecule has 2 aromatic carbocycles. The van der Waals surface area contributed by atoms with Gasteiger partial charge in [0.2, 0.25) is 0 Å². The molecule has 1 aromatic heterocycles. The van der Waals surface area contributed by atoms with Crippen LogP contribution in [0.25, 0.3) is 10.9 Å². The van der Waals surface area contributed by atoms with Crippen molar-refractivity contribution in [3.05, 3.63) is 60.3 Å². The molecule has 0 saturated heterocycles. The summed E-state index contributed by atoms with van der Waals surface area (Å²) in [5.41, 5.74) is 2.94. The Labute approximate surface area is 197 Å². The van der Waals surface area contributed by atoms with E-state index in [1.807, 2.05) is 30.5 Å². The normalized spacial score (nSPS) is 32.2. The highest BCUT2D eigenvalue weighted by Gasteiger charge is 2.60. The van der Waals surface area contributed by atoms with Crippen LogP contribution in [-0.4, -0.2) is 10.6 Å². The fraction of sp³-hybridized carbons (Fsp3) is 0.500. The van der Waals surface area contributed by atoms with Gasteiger partial charge < -0.3 is 9.47 Å². The van der Waals surface area contributed by atoms with Gasteiger partial charge in [-0.2, -0.15) is 0 Å². The second kappa shape index (κ2) is 7.22. The summed E-state index contributed by atoms with van der Waals surface area (Å²) in [6.07, 6.45) is 9.32. The maximum absolute atomic E-state index is 6.80. The van der Waals surface area contributed by atoms with Gasteiger partial charge in [-0.1, -0.05) is 45.4 Å². The van der Waals surface area contributed by atoms with Crippen LogP contribution >= 0.6 is 0 Å². The molecule has 3 aliphatic rings. The van der Waals surface area contributed by atoms with Crippen molar-refractivity contribution in [1.82, 2.24) is 4.98 Å². The number of pyridine rings is 1. The fourth-order valence-corrected chi connectivity index (χ4v) is 7.77. The average Bonchev–Trinajstić information content (AvgIpc) is 2.77. The Morgan fingerprint density at radius 2 is 1.76 bits per heavy atom. The highest BCUT2D eigenvalue weighted by Crippen LogP contribution is 2.64. The van der Waals surface area contributed by atoms with E-state index >= 15 is 0 Å². The molecule has 3 aromatic rings. The number of hydrogen-bond acceptors (Lipinski definition) is 3. The quantitative estimate of drug-likeness (QED) is 0.404. The average molecular weight is 442 g/mol. The van der Waals surface area contributed by atoms with Gasteiger partial charge in [-0.05, 0) is 91.7 Å². The fourth-order valence-electron chi connectivity index (χ4n) is 7.77. The minimum Gasteiger partial charge on any atom is -0.487 e. The van der Waals surface area contributed by atoms with Gasteiger partial charge in [0.05, 0.1) is 11.7 Å². The Morgan fingerprint density at radius 3 is 2.64 bits per heavy atom. The van der Waals surface area contributed by atoms with Crippen LogP contribution in [0.5, 0.6) is 17.2 Å². The van der Waals surface area contributed by atoms with Crippen molar-refractivity contribution in [3.8, 4) is 17.2 Å². The molecule has 33 heavy (non-hydrogen) atoms. The van der Waals surface area contributed by atoms with Crippen molar-refractivity contribution in [2.45, 2.75) is 71.8 Å². The molecule has 2 fully saturated rings. The van der Waals surface area contributed by atoms with Crippen LogP contribution in [0.2, 0.25) is 0 Å². The third kappa shape index (κ3) is 3.34. The maximum Gasteiger partial charge on any atom is 0.146 e. The van der Waals surface area contributed by atoms with E-state index in [0.717, 1.165) is 46.9 Å². The molecule has 0 radical (unpaired) electrons. The number of nitrogens with zero attached hydrogens (tertiary/aromatic N) is 1. The molecule has 6 rings (SSSR count). The topological polar surface area (TPSA) is 31.4 Å². The molecule has 2 saturated carbocycles. The summed E-state index contributed by atoms with van der Waals surface area (Å²) in [5, 5.41) is 1.09. The van der Waals surface area contributed by atoms with E-state index in [0.29, 0.717) is 16.7 Å². The van der Waals surface area contributed by atoms with Gasteiger partial charge in [0, 0.05) is 11.3 Å². The second-order valence-electron chi connectivity index (χ2n) is 11.8. The number of para-hydroxylation sites is 1. The molecule has 4 atom stereocenters. The van der Waals surface area contributed by atoms with Crippen molar-refractivity contribution in [3.63, 3.8) is 0 Å². The maximum atomic E-state index is 6.80. The zero-order chi connectivity index (χ0) is 22.8.